The molecule has 110 valence electrons. The number of benzene rings is 2. The minimum absolute atomic E-state index is 0.0321. The van der Waals surface area contributed by atoms with Crippen molar-refractivity contribution in [2.45, 2.75) is 6.92 Å². The maximum Gasteiger partial charge on any atom is 0.264 e. The molecule has 0 fully saturated rings. The second kappa shape index (κ2) is 7.09. The molecule has 5 heteroatoms. The summed E-state index contributed by atoms with van der Waals surface area (Å²) in [5.74, 6) is -0.335. The first-order chi connectivity index (χ1) is 10.1. The first kappa shape index (κ1) is 15.3. The maximum atomic E-state index is 13.0. The minimum atomic E-state index is -0.519. The van der Waals surface area contributed by atoms with E-state index in [1.165, 1.54) is 18.2 Å². The molecule has 0 radical (unpaired) electrons. The van der Waals surface area contributed by atoms with E-state index < -0.39 is 5.82 Å². The average Bonchev–Trinajstić information content (AvgIpc) is 2.50. The van der Waals surface area contributed by atoms with Crippen LogP contribution in [0, 0.1) is 5.82 Å². The molecule has 21 heavy (non-hydrogen) atoms. The van der Waals surface area contributed by atoms with Crippen molar-refractivity contribution in [3.63, 3.8) is 0 Å². The van der Waals surface area contributed by atoms with Crippen LogP contribution in [0.1, 0.15) is 6.92 Å². The van der Waals surface area contributed by atoms with Gasteiger partial charge in [0.25, 0.3) is 5.91 Å². The van der Waals surface area contributed by atoms with Crippen LogP contribution in [0.25, 0.3) is 0 Å². The lowest BCUT2D eigenvalue weighted by Gasteiger charge is -2.21. The molecular formula is C16H15ClFNO2. The van der Waals surface area contributed by atoms with Gasteiger partial charge in [0.15, 0.2) is 6.61 Å². The average molecular weight is 308 g/mol. The maximum absolute atomic E-state index is 13.0. The van der Waals surface area contributed by atoms with Crippen molar-refractivity contribution >= 4 is 23.2 Å². The van der Waals surface area contributed by atoms with E-state index in [0.29, 0.717) is 12.3 Å². The van der Waals surface area contributed by atoms with Crippen LogP contribution in [0.5, 0.6) is 5.75 Å². The topological polar surface area (TPSA) is 29.5 Å². The Morgan fingerprint density at radius 3 is 2.57 bits per heavy atom. The van der Waals surface area contributed by atoms with Crippen molar-refractivity contribution in [3.8, 4) is 5.75 Å². The Hall–Kier alpha value is -2.07. The summed E-state index contributed by atoms with van der Waals surface area (Å²) in [6, 6.07) is 13.3. The number of likely N-dealkylation sites (N-methyl/N-ethyl adjacent to an activating group) is 1. The number of hydrogen-bond donors (Lipinski definition) is 0. The minimum Gasteiger partial charge on any atom is -0.484 e. The Balaban J connectivity index is 2.01. The fourth-order valence-corrected chi connectivity index (χ4v) is 2.07. The number of rotatable bonds is 5. The van der Waals surface area contributed by atoms with E-state index in [1.54, 1.807) is 4.90 Å². The van der Waals surface area contributed by atoms with E-state index in [1.807, 2.05) is 37.3 Å². The first-order valence-electron chi connectivity index (χ1n) is 6.55. The molecule has 0 heterocycles. The Morgan fingerprint density at radius 1 is 1.24 bits per heavy atom. The molecule has 0 aliphatic heterocycles. The summed E-state index contributed by atoms with van der Waals surface area (Å²) in [6.07, 6.45) is 0. The lowest BCUT2D eigenvalue weighted by atomic mass is 10.3. The zero-order valence-electron chi connectivity index (χ0n) is 11.6. The Morgan fingerprint density at radius 2 is 1.95 bits per heavy atom. The van der Waals surface area contributed by atoms with Crippen LogP contribution in [0.2, 0.25) is 5.02 Å². The molecule has 0 saturated heterocycles. The van der Waals surface area contributed by atoms with Gasteiger partial charge in [-0.25, -0.2) is 4.39 Å². The quantitative estimate of drug-likeness (QED) is 0.838. The zero-order valence-corrected chi connectivity index (χ0v) is 12.3. The SMILES string of the molecule is CCN(C(=O)COc1ccc(F)c(Cl)c1)c1ccccc1. The highest BCUT2D eigenvalue weighted by atomic mass is 35.5. The van der Waals surface area contributed by atoms with Gasteiger partial charge in [0.05, 0.1) is 5.02 Å². The van der Waals surface area contributed by atoms with Gasteiger partial charge in [-0.05, 0) is 31.2 Å². The predicted molar refractivity (Wildman–Crippen MR) is 81.4 cm³/mol. The molecule has 0 saturated carbocycles. The van der Waals surface area contributed by atoms with E-state index in [4.69, 9.17) is 16.3 Å². The molecule has 2 aromatic carbocycles. The third kappa shape index (κ3) is 3.95. The van der Waals surface area contributed by atoms with Gasteiger partial charge in [-0.1, -0.05) is 29.8 Å². The van der Waals surface area contributed by atoms with Gasteiger partial charge in [-0.3, -0.25) is 4.79 Å². The molecule has 0 N–H and O–H groups in total. The third-order valence-corrected chi connectivity index (χ3v) is 3.23. The van der Waals surface area contributed by atoms with Crippen LogP contribution < -0.4 is 9.64 Å². The highest BCUT2D eigenvalue weighted by molar-refractivity contribution is 6.30. The van der Waals surface area contributed by atoms with Crippen molar-refractivity contribution in [2.24, 2.45) is 0 Å². The normalized spacial score (nSPS) is 10.2. The van der Waals surface area contributed by atoms with Gasteiger partial charge in [0, 0.05) is 18.3 Å². The number of carbonyl (C=O) groups excluding carboxylic acids is 1. The van der Waals surface area contributed by atoms with Crippen molar-refractivity contribution in [2.75, 3.05) is 18.1 Å². The fourth-order valence-electron chi connectivity index (χ4n) is 1.90. The second-order valence-corrected chi connectivity index (χ2v) is 4.75. The zero-order chi connectivity index (χ0) is 15.2. The highest BCUT2D eigenvalue weighted by Gasteiger charge is 2.14. The van der Waals surface area contributed by atoms with Gasteiger partial charge in [0.1, 0.15) is 11.6 Å². The first-order valence-corrected chi connectivity index (χ1v) is 6.93. The van der Waals surface area contributed by atoms with Gasteiger partial charge in [0.2, 0.25) is 0 Å². The summed E-state index contributed by atoms with van der Waals surface area (Å²) in [7, 11) is 0. The van der Waals surface area contributed by atoms with Crippen LogP contribution in [-0.4, -0.2) is 19.1 Å². The van der Waals surface area contributed by atoms with Gasteiger partial charge in [-0.2, -0.15) is 0 Å². The molecule has 0 bridgehead atoms. The predicted octanol–water partition coefficient (Wildman–Crippen LogP) is 3.91. The molecule has 0 aromatic heterocycles. The number of ether oxygens (including phenoxy) is 1. The second-order valence-electron chi connectivity index (χ2n) is 4.34. The molecule has 1 amide bonds. The summed E-state index contributed by atoms with van der Waals surface area (Å²) in [5.41, 5.74) is 0.811. The summed E-state index contributed by atoms with van der Waals surface area (Å²) in [4.78, 5) is 13.8. The van der Waals surface area contributed by atoms with Gasteiger partial charge < -0.3 is 9.64 Å². The Bertz CT molecular complexity index is 619. The van der Waals surface area contributed by atoms with Crippen molar-refractivity contribution in [3.05, 3.63) is 59.4 Å². The van der Waals surface area contributed by atoms with Crippen molar-refractivity contribution < 1.29 is 13.9 Å². The van der Waals surface area contributed by atoms with E-state index in [0.717, 1.165) is 5.69 Å². The van der Waals surface area contributed by atoms with E-state index >= 15 is 0 Å². The molecule has 0 spiro atoms. The molecule has 2 aromatic rings. The third-order valence-electron chi connectivity index (χ3n) is 2.94. The number of halogens is 2. The number of nitrogens with zero attached hydrogens (tertiary/aromatic N) is 1. The summed E-state index contributed by atoms with van der Waals surface area (Å²) in [5, 5.41) is -0.0321. The number of para-hydroxylation sites is 1. The monoisotopic (exact) mass is 307 g/mol. The van der Waals surface area contributed by atoms with Crippen LogP contribution in [0.3, 0.4) is 0 Å². The standard InChI is InChI=1S/C16H15ClFNO2/c1-2-19(12-6-4-3-5-7-12)16(20)11-21-13-8-9-15(18)14(17)10-13/h3-10H,2,11H2,1H3. The number of carbonyl (C=O) groups is 1. The highest BCUT2D eigenvalue weighted by Crippen LogP contribution is 2.21. The van der Waals surface area contributed by atoms with Crippen molar-refractivity contribution in [1.82, 2.24) is 0 Å². The van der Waals surface area contributed by atoms with Crippen LogP contribution in [0.15, 0.2) is 48.5 Å². The van der Waals surface area contributed by atoms with Crippen LogP contribution in [-0.2, 0) is 4.79 Å². The molecule has 0 atom stereocenters. The summed E-state index contributed by atoms with van der Waals surface area (Å²) >= 11 is 5.66. The van der Waals surface area contributed by atoms with E-state index in [9.17, 15) is 9.18 Å². The Kier molecular flexibility index (Phi) is 5.17. The molecule has 2 rings (SSSR count). The van der Waals surface area contributed by atoms with Gasteiger partial charge in [-0.15, -0.1) is 0 Å². The summed E-state index contributed by atoms with van der Waals surface area (Å²) in [6.45, 7) is 2.29. The number of anilines is 1. The lowest BCUT2D eigenvalue weighted by Crippen LogP contribution is -2.34. The van der Waals surface area contributed by atoms with E-state index in [2.05, 4.69) is 0 Å². The number of hydrogen-bond acceptors (Lipinski definition) is 2. The largest absolute Gasteiger partial charge is 0.484 e. The molecule has 0 aliphatic rings. The summed E-state index contributed by atoms with van der Waals surface area (Å²) < 4.78 is 18.4. The molecule has 0 unspecified atom stereocenters. The van der Waals surface area contributed by atoms with Crippen molar-refractivity contribution in [1.29, 1.82) is 0 Å². The number of amides is 1. The van der Waals surface area contributed by atoms with Crippen LogP contribution in [0.4, 0.5) is 10.1 Å². The lowest BCUT2D eigenvalue weighted by molar-refractivity contribution is -0.120. The Labute approximate surface area is 127 Å². The molecule has 0 aliphatic carbocycles. The van der Waals surface area contributed by atoms with E-state index in [-0.39, 0.29) is 17.5 Å². The van der Waals surface area contributed by atoms with Crippen LogP contribution >= 0.6 is 11.6 Å². The fraction of sp³-hybridized carbons (Fsp3) is 0.188. The molecular weight excluding hydrogens is 293 g/mol. The van der Waals surface area contributed by atoms with Gasteiger partial charge >= 0.3 is 0 Å². The molecule has 3 nitrogen and oxygen atoms in total. The smallest absolute Gasteiger partial charge is 0.264 e.